The average Bonchev–Trinajstić information content (AvgIpc) is 1.94. The fourth-order valence-electron chi connectivity index (χ4n) is 0.828. The van der Waals surface area contributed by atoms with E-state index in [0.29, 0.717) is 5.56 Å². The molecule has 0 saturated heterocycles. The van der Waals surface area contributed by atoms with E-state index in [1.54, 1.807) is 6.92 Å². The summed E-state index contributed by atoms with van der Waals surface area (Å²) in [6.45, 7) is 1.68. The van der Waals surface area contributed by atoms with Crippen LogP contribution >= 0.6 is 0 Å². The van der Waals surface area contributed by atoms with Crippen molar-refractivity contribution < 1.29 is 5.11 Å². The Kier molecular flexibility index (Phi) is 1.96. The molecule has 0 spiro atoms. The number of H-pyrrole nitrogens is 1. The van der Waals surface area contributed by atoms with Gasteiger partial charge < -0.3 is 15.8 Å². The van der Waals surface area contributed by atoms with Gasteiger partial charge in [-0.2, -0.15) is 0 Å². The van der Waals surface area contributed by atoms with Crippen LogP contribution in [0.4, 0.5) is 0 Å². The third-order valence-corrected chi connectivity index (χ3v) is 1.41. The molecule has 0 amide bonds. The molecule has 0 aliphatic heterocycles. The Morgan fingerprint density at radius 2 is 2.36 bits per heavy atom. The number of pyridine rings is 1. The quantitative estimate of drug-likeness (QED) is 0.536. The zero-order chi connectivity index (χ0) is 8.43. The van der Waals surface area contributed by atoms with Crippen LogP contribution in [0.1, 0.15) is 18.5 Å². The van der Waals surface area contributed by atoms with E-state index >= 15 is 0 Å². The summed E-state index contributed by atoms with van der Waals surface area (Å²) in [5.41, 5.74) is 5.59. The largest absolute Gasteiger partial charge is 0.506 e. The van der Waals surface area contributed by atoms with E-state index in [1.165, 1.54) is 12.3 Å². The Hall–Kier alpha value is -1.29. The molecule has 0 radical (unpaired) electrons. The van der Waals surface area contributed by atoms with Gasteiger partial charge in [-0.05, 0) is 13.0 Å². The first kappa shape index (κ1) is 7.81. The molecule has 1 rings (SSSR count). The van der Waals surface area contributed by atoms with Gasteiger partial charge >= 0.3 is 0 Å². The number of hydrogen-bond acceptors (Lipinski definition) is 3. The number of hydrogen-bond donors (Lipinski definition) is 3. The molecule has 4 nitrogen and oxygen atoms in total. The van der Waals surface area contributed by atoms with Gasteiger partial charge in [-0.15, -0.1) is 0 Å². The van der Waals surface area contributed by atoms with E-state index in [0.717, 1.165) is 0 Å². The van der Waals surface area contributed by atoms with Crippen LogP contribution in [-0.2, 0) is 0 Å². The Morgan fingerprint density at radius 3 is 2.82 bits per heavy atom. The summed E-state index contributed by atoms with van der Waals surface area (Å²) < 4.78 is 0. The van der Waals surface area contributed by atoms with Crippen molar-refractivity contribution in [2.45, 2.75) is 13.0 Å². The molecule has 1 atom stereocenters. The van der Waals surface area contributed by atoms with E-state index in [1.807, 2.05) is 0 Å². The molecular formula is C7H10N2O2. The van der Waals surface area contributed by atoms with Gasteiger partial charge in [-0.25, -0.2) is 0 Å². The topological polar surface area (TPSA) is 79.1 Å². The van der Waals surface area contributed by atoms with Crippen LogP contribution in [-0.4, -0.2) is 10.1 Å². The minimum Gasteiger partial charge on any atom is -0.506 e. The van der Waals surface area contributed by atoms with Gasteiger partial charge in [0.15, 0.2) is 0 Å². The second kappa shape index (κ2) is 2.75. The molecule has 0 aromatic carbocycles. The fourth-order valence-corrected chi connectivity index (χ4v) is 0.828. The van der Waals surface area contributed by atoms with Crippen molar-refractivity contribution in [1.29, 1.82) is 0 Å². The van der Waals surface area contributed by atoms with Gasteiger partial charge in [-0.1, -0.05) is 0 Å². The second-order valence-electron chi connectivity index (χ2n) is 2.43. The number of nitrogens with two attached hydrogens (primary N) is 1. The van der Waals surface area contributed by atoms with Crippen LogP contribution in [0.2, 0.25) is 0 Å². The van der Waals surface area contributed by atoms with E-state index in [9.17, 15) is 4.79 Å². The van der Waals surface area contributed by atoms with Crippen molar-refractivity contribution in [3.63, 3.8) is 0 Å². The zero-order valence-corrected chi connectivity index (χ0v) is 6.16. The molecule has 0 aliphatic carbocycles. The lowest BCUT2D eigenvalue weighted by Gasteiger charge is -2.02. The van der Waals surface area contributed by atoms with E-state index < -0.39 is 0 Å². The lowest BCUT2D eigenvalue weighted by Crippen LogP contribution is -2.18. The van der Waals surface area contributed by atoms with Crippen molar-refractivity contribution in [1.82, 2.24) is 4.98 Å². The Bertz CT molecular complexity index is 304. The van der Waals surface area contributed by atoms with Crippen LogP contribution in [0.3, 0.4) is 0 Å². The summed E-state index contributed by atoms with van der Waals surface area (Å²) in [5.74, 6) is 0.0249. The summed E-state index contributed by atoms with van der Waals surface area (Å²) in [5, 5.41) is 8.96. The summed E-state index contributed by atoms with van der Waals surface area (Å²) in [4.78, 5) is 13.3. The molecule has 1 aromatic heterocycles. The van der Waals surface area contributed by atoms with Crippen molar-refractivity contribution in [3.8, 4) is 5.75 Å². The molecule has 1 unspecified atom stereocenters. The highest BCUT2D eigenvalue weighted by atomic mass is 16.3. The first-order valence-corrected chi connectivity index (χ1v) is 3.28. The Balaban J connectivity index is 3.24. The zero-order valence-electron chi connectivity index (χ0n) is 6.16. The van der Waals surface area contributed by atoms with Gasteiger partial charge in [0.1, 0.15) is 5.75 Å². The number of aromatic amines is 1. The number of aromatic nitrogens is 1. The van der Waals surface area contributed by atoms with Gasteiger partial charge in [0, 0.05) is 17.8 Å². The van der Waals surface area contributed by atoms with Crippen LogP contribution in [0, 0.1) is 0 Å². The molecule has 60 valence electrons. The lowest BCUT2D eigenvalue weighted by atomic mass is 10.1. The molecule has 1 aromatic rings. The van der Waals surface area contributed by atoms with Gasteiger partial charge in [-0.3, -0.25) is 4.79 Å². The Morgan fingerprint density at radius 1 is 1.73 bits per heavy atom. The monoisotopic (exact) mass is 154 g/mol. The standard InChI is InChI=1S/C7H10N2O2/c1-4(8)6-2-5(10)3-9-7(6)11/h2-4,10H,8H2,1H3,(H,9,11). The summed E-state index contributed by atoms with van der Waals surface area (Å²) in [6, 6.07) is 1.01. The molecule has 4 N–H and O–H groups in total. The molecular weight excluding hydrogens is 144 g/mol. The van der Waals surface area contributed by atoms with Crippen LogP contribution in [0.15, 0.2) is 17.1 Å². The molecule has 4 heteroatoms. The maximum absolute atomic E-state index is 11.0. The molecule has 11 heavy (non-hydrogen) atoms. The highest BCUT2D eigenvalue weighted by Crippen LogP contribution is 2.09. The summed E-state index contributed by atoms with van der Waals surface area (Å²) in [7, 11) is 0. The number of aromatic hydroxyl groups is 1. The predicted octanol–water partition coefficient (Wildman–Crippen LogP) is 0.100. The van der Waals surface area contributed by atoms with Crippen LogP contribution in [0.5, 0.6) is 5.75 Å². The first-order valence-electron chi connectivity index (χ1n) is 3.28. The van der Waals surface area contributed by atoms with E-state index in [2.05, 4.69) is 4.98 Å². The molecule has 0 bridgehead atoms. The van der Waals surface area contributed by atoms with Crippen molar-refractivity contribution >= 4 is 0 Å². The first-order chi connectivity index (χ1) is 5.11. The number of rotatable bonds is 1. The second-order valence-corrected chi connectivity index (χ2v) is 2.43. The summed E-state index contributed by atoms with van der Waals surface area (Å²) >= 11 is 0. The Labute approximate surface area is 63.7 Å². The van der Waals surface area contributed by atoms with Crippen LogP contribution < -0.4 is 11.3 Å². The van der Waals surface area contributed by atoms with Crippen LogP contribution in [0.25, 0.3) is 0 Å². The lowest BCUT2D eigenvalue weighted by molar-refractivity contribution is 0.470. The third kappa shape index (κ3) is 1.59. The minimum atomic E-state index is -0.356. The summed E-state index contributed by atoms with van der Waals surface area (Å²) in [6.07, 6.45) is 1.23. The van der Waals surface area contributed by atoms with Gasteiger partial charge in [0.05, 0.1) is 0 Å². The minimum absolute atomic E-state index is 0.0249. The maximum atomic E-state index is 11.0. The van der Waals surface area contributed by atoms with Crippen molar-refractivity contribution in [2.75, 3.05) is 0 Å². The predicted molar refractivity (Wildman–Crippen MR) is 41.3 cm³/mol. The van der Waals surface area contributed by atoms with Gasteiger partial charge in [0.25, 0.3) is 5.56 Å². The maximum Gasteiger partial charge on any atom is 0.252 e. The molecule has 1 heterocycles. The van der Waals surface area contributed by atoms with Crippen molar-refractivity contribution in [3.05, 3.63) is 28.2 Å². The average molecular weight is 154 g/mol. The van der Waals surface area contributed by atoms with Gasteiger partial charge in [0.2, 0.25) is 0 Å². The third-order valence-electron chi connectivity index (χ3n) is 1.41. The highest BCUT2D eigenvalue weighted by Gasteiger charge is 2.04. The van der Waals surface area contributed by atoms with E-state index in [4.69, 9.17) is 10.8 Å². The highest BCUT2D eigenvalue weighted by molar-refractivity contribution is 5.23. The molecule has 0 aliphatic rings. The normalized spacial score (nSPS) is 12.9. The molecule has 0 fully saturated rings. The number of nitrogens with one attached hydrogen (secondary N) is 1. The smallest absolute Gasteiger partial charge is 0.252 e. The van der Waals surface area contributed by atoms with E-state index in [-0.39, 0.29) is 17.4 Å². The SMILES string of the molecule is CC(N)c1cc(O)c[nH]c1=O. The molecule has 0 saturated carbocycles. The fraction of sp³-hybridized carbons (Fsp3) is 0.286. The van der Waals surface area contributed by atoms with Crippen molar-refractivity contribution in [2.24, 2.45) is 5.73 Å².